The molecule has 1 saturated carbocycles. The molecule has 2 rings (SSSR count). The molecule has 1 N–H and O–H groups in total. The standard InChI is InChI=1S/C13H15BrO2/c1-8-2-5-10(12(14)6-8)11(7-13(15)16)9-3-4-9/h2,5-6,9,11H,3-4,7H2,1H3,(H,15,16). The summed E-state index contributed by atoms with van der Waals surface area (Å²) in [4.78, 5) is 10.9. The van der Waals surface area contributed by atoms with Crippen LogP contribution in [-0.2, 0) is 4.79 Å². The zero-order valence-electron chi connectivity index (χ0n) is 9.24. The summed E-state index contributed by atoms with van der Waals surface area (Å²) in [5, 5.41) is 8.95. The Bertz CT molecular complexity index is 410. The smallest absolute Gasteiger partial charge is 0.303 e. The van der Waals surface area contributed by atoms with E-state index in [1.165, 1.54) is 5.56 Å². The normalized spacial score (nSPS) is 17.1. The van der Waals surface area contributed by atoms with E-state index in [1.54, 1.807) is 0 Å². The Labute approximate surface area is 104 Å². The summed E-state index contributed by atoms with van der Waals surface area (Å²) in [5.41, 5.74) is 2.34. The van der Waals surface area contributed by atoms with Crippen LogP contribution < -0.4 is 0 Å². The first-order valence-corrected chi connectivity index (χ1v) is 6.35. The van der Waals surface area contributed by atoms with E-state index in [4.69, 9.17) is 5.11 Å². The van der Waals surface area contributed by atoms with E-state index in [9.17, 15) is 4.79 Å². The molecule has 1 aliphatic carbocycles. The molecule has 1 aromatic rings. The lowest BCUT2D eigenvalue weighted by molar-refractivity contribution is -0.137. The monoisotopic (exact) mass is 282 g/mol. The highest BCUT2D eigenvalue weighted by Crippen LogP contribution is 2.46. The van der Waals surface area contributed by atoms with Crippen LogP contribution in [0.5, 0.6) is 0 Å². The lowest BCUT2D eigenvalue weighted by atomic mass is 9.90. The Balaban J connectivity index is 2.27. The number of benzene rings is 1. The van der Waals surface area contributed by atoms with Crippen LogP contribution >= 0.6 is 15.9 Å². The van der Waals surface area contributed by atoms with Crippen molar-refractivity contribution >= 4 is 21.9 Å². The van der Waals surface area contributed by atoms with Crippen molar-refractivity contribution in [3.05, 3.63) is 33.8 Å². The number of aliphatic carboxylic acids is 1. The number of hydrogen-bond donors (Lipinski definition) is 1. The highest BCUT2D eigenvalue weighted by atomic mass is 79.9. The van der Waals surface area contributed by atoms with Gasteiger partial charge < -0.3 is 5.11 Å². The van der Waals surface area contributed by atoms with Gasteiger partial charge in [0.25, 0.3) is 0 Å². The molecular weight excluding hydrogens is 268 g/mol. The van der Waals surface area contributed by atoms with E-state index in [0.717, 1.165) is 22.9 Å². The van der Waals surface area contributed by atoms with E-state index in [0.29, 0.717) is 5.92 Å². The van der Waals surface area contributed by atoms with Gasteiger partial charge in [-0.1, -0.05) is 28.1 Å². The van der Waals surface area contributed by atoms with Crippen molar-refractivity contribution in [2.24, 2.45) is 5.92 Å². The van der Waals surface area contributed by atoms with Gasteiger partial charge in [0.1, 0.15) is 0 Å². The Morgan fingerprint density at radius 1 is 1.56 bits per heavy atom. The third-order valence-corrected chi connectivity index (χ3v) is 3.83. The van der Waals surface area contributed by atoms with Crippen LogP contribution in [0.4, 0.5) is 0 Å². The lowest BCUT2D eigenvalue weighted by Crippen LogP contribution is -2.09. The van der Waals surface area contributed by atoms with Gasteiger partial charge in [0.05, 0.1) is 6.42 Å². The van der Waals surface area contributed by atoms with Crippen LogP contribution in [0.15, 0.2) is 22.7 Å². The van der Waals surface area contributed by atoms with Gasteiger partial charge in [-0.05, 0) is 48.8 Å². The molecule has 16 heavy (non-hydrogen) atoms. The average Bonchev–Trinajstić information content (AvgIpc) is 2.97. The molecule has 3 heteroatoms. The van der Waals surface area contributed by atoms with Gasteiger partial charge in [-0.25, -0.2) is 0 Å². The first-order chi connectivity index (χ1) is 7.58. The molecule has 0 aromatic heterocycles. The van der Waals surface area contributed by atoms with Crippen molar-refractivity contribution in [3.8, 4) is 0 Å². The molecule has 0 heterocycles. The van der Waals surface area contributed by atoms with Crippen LogP contribution in [0.25, 0.3) is 0 Å². The van der Waals surface area contributed by atoms with E-state index >= 15 is 0 Å². The predicted molar refractivity (Wildman–Crippen MR) is 66.6 cm³/mol. The number of aryl methyl sites for hydroxylation is 1. The second-order valence-corrected chi connectivity index (χ2v) is 5.42. The van der Waals surface area contributed by atoms with Crippen molar-refractivity contribution in [2.45, 2.75) is 32.1 Å². The third kappa shape index (κ3) is 2.64. The number of carboxylic acids is 1. The highest BCUT2D eigenvalue weighted by molar-refractivity contribution is 9.10. The van der Waals surface area contributed by atoms with E-state index in [2.05, 4.69) is 34.1 Å². The molecule has 1 unspecified atom stereocenters. The average molecular weight is 283 g/mol. The fourth-order valence-corrected chi connectivity index (χ4v) is 2.94. The van der Waals surface area contributed by atoms with Gasteiger partial charge in [0.15, 0.2) is 0 Å². The second-order valence-electron chi connectivity index (χ2n) is 4.57. The van der Waals surface area contributed by atoms with Gasteiger partial charge in [-0.2, -0.15) is 0 Å². The van der Waals surface area contributed by atoms with Crippen molar-refractivity contribution in [2.75, 3.05) is 0 Å². The molecule has 0 saturated heterocycles. The van der Waals surface area contributed by atoms with Gasteiger partial charge in [0.2, 0.25) is 0 Å². The van der Waals surface area contributed by atoms with Crippen LogP contribution in [0, 0.1) is 12.8 Å². The SMILES string of the molecule is Cc1ccc(C(CC(=O)O)C2CC2)c(Br)c1. The molecule has 0 spiro atoms. The summed E-state index contributed by atoms with van der Waals surface area (Å²) in [7, 11) is 0. The van der Waals surface area contributed by atoms with Crippen molar-refractivity contribution in [3.63, 3.8) is 0 Å². The van der Waals surface area contributed by atoms with Gasteiger partial charge in [-0.3, -0.25) is 4.79 Å². The molecule has 1 aromatic carbocycles. The minimum Gasteiger partial charge on any atom is -0.481 e. The maximum atomic E-state index is 10.9. The second kappa shape index (κ2) is 4.58. The third-order valence-electron chi connectivity index (χ3n) is 3.14. The Morgan fingerprint density at radius 3 is 2.75 bits per heavy atom. The molecule has 1 aliphatic rings. The van der Waals surface area contributed by atoms with Crippen LogP contribution in [0.2, 0.25) is 0 Å². The molecular formula is C13H15BrO2. The minimum absolute atomic E-state index is 0.174. The van der Waals surface area contributed by atoms with Crippen molar-refractivity contribution < 1.29 is 9.90 Å². The van der Waals surface area contributed by atoms with Gasteiger partial charge in [0, 0.05) is 4.47 Å². The maximum Gasteiger partial charge on any atom is 0.303 e. The lowest BCUT2D eigenvalue weighted by Gasteiger charge is -2.16. The van der Waals surface area contributed by atoms with Crippen LogP contribution in [0.3, 0.4) is 0 Å². The zero-order chi connectivity index (χ0) is 11.7. The molecule has 1 fully saturated rings. The Morgan fingerprint density at radius 2 is 2.25 bits per heavy atom. The first kappa shape index (κ1) is 11.6. The summed E-state index contributed by atoms with van der Waals surface area (Å²) < 4.78 is 1.05. The molecule has 1 atom stereocenters. The molecule has 0 radical (unpaired) electrons. The number of halogens is 1. The summed E-state index contributed by atoms with van der Waals surface area (Å²) in [6.45, 7) is 2.04. The summed E-state index contributed by atoms with van der Waals surface area (Å²) in [6, 6.07) is 6.18. The predicted octanol–water partition coefficient (Wildman–Crippen LogP) is 3.73. The number of hydrogen-bond acceptors (Lipinski definition) is 1. The Hall–Kier alpha value is -0.830. The van der Waals surface area contributed by atoms with E-state index in [-0.39, 0.29) is 12.3 Å². The molecule has 0 amide bonds. The quantitative estimate of drug-likeness (QED) is 0.914. The summed E-state index contributed by atoms with van der Waals surface area (Å²) >= 11 is 3.54. The molecule has 2 nitrogen and oxygen atoms in total. The first-order valence-electron chi connectivity index (χ1n) is 5.56. The van der Waals surface area contributed by atoms with Gasteiger partial charge in [-0.15, -0.1) is 0 Å². The maximum absolute atomic E-state index is 10.9. The summed E-state index contributed by atoms with van der Waals surface area (Å²) in [5.74, 6) is 0.0342. The zero-order valence-corrected chi connectivity index (χ0v) is 10.8. The fourth-order valence-electron chi connectivity index (χ4n) is 2.15. The molecule has 0 aliphatic heterocycles. The van der Waals surface area contributed by atoms with Crippen molar-refractivity contribution in [1.82, 2.24) is 0 Å². The number of carbonyl (C=O) groups is 1. The van der Waals surface area contributed by atoms with E-state index in [1.807, 2.05) is 6.92 Å². The van der Waals surface area contributed by atoms with Crippen molar-refractivity contribution in [1.29, 1.82) is 0 Å². The topological polar surface area (TPSA) is 37.3 Å². The van der Waals surface area contributed by atoms with E-state index < -0.39 is 5.97 Å². The number of carboxylic acid groups (broad SMARTS) is 1. The molecule has 0 bridgehead atoms. The summed E-state index contributed by atoms with van der Waals surface area (Å²) in [6.07, 6.45) is 2.57. The van der Waals surface area contributed by atoms with Crippen LogP contribution in [-0.4, -0.2) is 11.1 Å². The highest BCUT2D eigenvalue weighted by Gasteiger charge is 2.34. The fraction of sp³-hybridized carbons (Fsp3) is 0.462. The largest absolute Gasteiger partial charge is 0.481 e. The van der Waals surface area contributed by atoms with Crippen LogP contribution in [0.1, 0.15) is 36.3 Å². The molecule has 86 valence electrons. The van der Waals surface area contributed by atoms with Gasteiger partial charge >= 0.3 is 5.97 Å². The minimum atomic E-state index is -0.704. The Kier molecular flexibility index (Phi) is 3.33. The number of rotatable bonds is 4.